The van der Waals surface area contributed by atoms with Crippen molar-refractivity contribution in [1.29, 1.82) is 0 Å². The predicted octanol–water partition coefficient (Wildman–Crippen LogP) is 4.26. The minimum absolute atomic E-state index is 0.0263. The molecule has 6 heteroatoms. The zero-order valence-electron chi connectivity index (χ0n) is 16.2. The van der Waals surface area contributed by atoms with Crippen molar-refractivity contribution >= 4 is 27.5 Å². The van der Waals surface area contributed by atoms with E-state index < -0.39 is 0 Å². The Balaban J connectivity index is 2.12. The van der Waals surface area contributed by atoms with Gasteiger partial charge in [-0.3, -0.25) is 14.2 Å². The average Bonchev–Trinajstić information content (AvgIpc) is 2.99. The monoisotopic (exact) mass is 384 g/mol. The number of carbonyl (C=O) groups is 1. The van der Waals surface area contributed by atoms with Crippen LogP contribution in [0.4, 0.5) is 0 Å². The van der Waals surface area contributed by atoms with E-state index in [2.05, 4.69) is 24.3 Å². The molecule has 0 N–H and O–H groups in total. The van der Waals surface area contributed by atoms with E-state index in [1.54, 1.807) is 15.9 Å². The van der Waals surface area contributed by atoms with E-state index in [0.717, 1.165) is 26.7 Å². The number of hydrogen-bond acceptors (Lipinski definition) is 5. The van der Waals surface area contributed by atoms with Gasteiger partial charge in [-0.1, -0.05) is 36.8 Å². The molecule has 0 radical (unpaired) electrons. The molecule has 0 bridgehead atoms. The molecular weight excluding hydrogens is 360 g/mol. The summed E-state index contributed by atoms with van der Waals surface area (Å²) in [4.78, 5) is 31.4. The second-order valence-corrected chi connectivity index (χ2v) is 7.80. The summed E-state index contributed by atoms with van der Waals surface area (Å²) in [5, 5.41) is 0.677. The summed E-state index contributed by atoms with van der Waals surface area (Å²) < 4.78 is 6.41. The van der Waals surface area contributed by atoms with Crippen molar-refractivity contribution in [2.75, 3.05) is 7.11 Å². The third-order valence-corrected chi connectivity index (χ3v) is 5.71. The number of benzene rings is 1. The molecule has 142 valence electrons. The van der Waals surface area contributed by atoms with Crippen molar-refractivity contribution in [3.63, 3.8) is 0 Å². The molecule has 3 aromatic rings. The third-order valence-electron chi connectivity index (χ3n) is 4.71. The molecule has 5 nitrogen and oxygen atoms in total. The number of methoxy groups -OCH3 is 1. The van der Waals surface area contributed by atoms with Crippen molar-refractivity contribution in [2.45, 2.75) is 46.6 Å². The van der Waals surface area contributed by atoms with Crippen LogP contribution in [-0.4, -0.2) is 22.6 Å². The lowest BCUT2D eigenvalue weighted by Gasteiger charge is -2.11. The minimum Gasteiger partial charge on any atom is -0.469 e. The first kappa shape index (κ1) is 19.3. The zero-order valence-corrected chi connectivity index (χ0v) is 17.0. The quantitative estimate of drug-likeness (QED) is 0.596. The Labute approximate surface area is 162 Å². The molecular formula is C21H24N2O3S. The number of fused-ring (bicyclic) bond motifs is 1. The first-order valence-corrected chi connectivity index (χ1v) is 9.94. The molecule has 0 unspecified atom stereocenters. The molecule has 1 aromatic carbocycles. The summed E-state index contributed by atoms with van der Waals surface area (Å²) >= 11 is 1.56. The van der Waals surface area contributed by atoms with Crippen molar-refractivity contribution < 1.29 is 9.53 Å². The van der Waals surface area contributed by atoms with Crippen LogP contribution in [-0.2, 0) is 22.5 Å². The average molecular weight is 385 g/mol. The summed E-state index contributed by atoms with van der Waals surface area (Å²) in [6.45, 7) is 6.54. The SMILES string of the molecule is CCc1nc2sc(C)c(-c3ccc(C)cc3)c2c(=O)n1CCCC(=O)OC. The topological polar surface area (TPSA) is 61.2 Å². The van der Waals surface area contributed by atoms with Crippen LogP contribution in [0, 0.1) is 13.8 Å². The number of aromatic nitrogens is 2. The fourth-order valence-electron chi connectivity index (χ4n) is 3.29. The summed E-state index contributed by atoms with van der Waals surface area (Å²) in [5.74, 6) is 0.496. The van der Waals surface area contributed by atoms with E-state index >= 15 is 0 Å². The van der Waals surface area contributed by atoms with Crippen molar-refractivity contribution in [3.8, 4) is 11.1 Å². The van der Waals surface area contributed by atoms with Crippen molar-refractivity contribution in [1.82, 2.24) is 9.55 Å². The molecule has 0 aliphatic carbocycles. The van der Waals surface area contributed by atoms with E-state index in [0.29, 0.717) is 24.8 Å². The fourth-order valence-corrected chi connectivity index (χ4v) is 4.34. The van der Waals surface area contributed by atoms with Crippen molar-refractivity contribution in [2.24, 2.45) is 0 Å². The summed E-state index contributed by atoms with van der Waals surface area (Å²) in [6.07, 6.45) is 1.51. The van der Waals surface area contributed by atoms with Crippen LogP contribution >= 0.6 is 11.3 Å². The Morgan fingerprint density at radius 1 is 1.22 bits per heavy atom. The maximum Gasteiger partial charge on any atom is 0.305 e. The van der Waals surface area contributed by atoms with Gasteiger partial charge >= 0.3 is 5.97 Å². The molecule has 0 fully saturated rings. The van der Waals surface area contributed by atoms with Crippen LogP contribution in [0.25, 0.3) is 21.3 Å². The third kappa shape index (κ3) is 3.81. The van der Waals surface area contributed by atoms with Gasteiger partial charge in [0.1, 0.15) is 10.7 Å². The highest BCUT2D eigenvalue weighted by molar-refractivity contribution is 7.19. The van der Waals surface area contributed by atoms with Crippen LogP contribution in [0.15, 0.2) is 29.1 Å². The largest absolute Gasteiger partial charge is 0.469 e. The van der Waals surface area contributed by atoms with E-state index in [-0.39, 0.29) is 17.9 Å². The van der Waals surface area contributed by atoms with Gasteiger partial charge in [-0.15, -0.1) is 11.3 Å². The lowest BCUT2D eigenvalue weighted by Crippen LogP contribution is -2.25. The number of aryl methyl sites for hydroxylation is 3. The lowest BCUT2D eigenvalue weighted by molar-refractivity contribution is -0.140. The molecule has 0 atom stereocenters. The Morgan fingerprint density at radius 2 is 1.93 bits per heavy atom. The van der Waals surface area contributed by atoms with Crippen LogP contribution in [0.5, 0.6) is 0 Å². The number of esters is 1. The number of ether oxygens (including phenoxy) is 1. The van der Waals surface area contributed by atoms with Crippen LogP contribution in [0.2, 0.25) is 0 Å². The lowest BCUT2D eigenvalue weighted by atomic mass is 10.0. The minimum atomic E-state index is -0.262. The fraction of sp³-hybridized carbons (Fsp3) is 0.381. The normalized spacial score (nSPS) is 11.1. The van der Waals surface area contributed by atoms with Crippen LogP contribution in [0.3, 0.4) is 0 Å². The highest BCUT2D eigenvalue weighted by Crippen LogP contribution is 2.35. The predicted molar refractivity (Wildman–Crippen MR) is 109 cm³/mol. The number of carbonyl (C=O) groups excluding carboxylic acids is 1. The Morgan fingerprint density at radius 3 is 2.56 bits per heavy atom. The van der Waals surface area contributed by atoms with Gasteiger partial charge in [0, 0.05) is 29.8 Å². The molecule has 0 aliphatic heterocycles. The summed E-state index contributed by atoms with van der Waals surface area (Å²) in [7, 11) is 1.38. The van der Waals surface area contributed by atoms with E-state index in [4.69, 9.17) is 9.72 Å². The van der Waals surface area contributed by atoms with Gasteiger partial charge in [-0.25, -0.2) is 4.98 Å². The second-order valence-electron chi connectivity index (χ2n) is 6.60. The number of hydrogen-bond donors (Lipinski definition) is 0. The van der Waals surface area contributed by atoms with Gasteiger partial charge in [0.15, 0.2) is 0 Å². The maximum absolute atomic E-state index is 13.3. The molecule has 0 spiro atoms. The van der Waals surface area contributed by atoms with Gasteiger partial charge in [0.2, 0.25) is 0 Å². The maximum atomic E-state index is 13.3. The highest BCUT2D eigenvalue weighted by atomic mass is 32.1. The summed E-state index contributed by atoms with van der Waals surface area (Å²) in [6, 6.07) is 8.22. The van der Waals surface area contributed by atoms with Gasteiger partial charge in [0.05, 0.1) is 12.5 Å². The standard InChI is InChI=1S/C21H24N2O3S/c1-5-16-22-20-19(21(25)23(16)12-6-7-17(24)26-4)18(14(3)27-20)15-10-8-13(2)9-11-15/h8-11H,5-7,12H2,1-4H3. The molecule has 0 aliphatic rings. The molecule has 0 amide bonds. The van der Waals surface area contributed by atoms with Gasteiger partial charge < -0.3 is 4.74 Å². The van der Waals surface area contributed by atoms with Crippen LogP contribution < -0.4 is 5.56 Å². The van der Waals surface area contributed by atoms with Gasteiger partial charge in [0.25, 0.3) is 5.56 Å². The molecule has 27 heavy (non-hydrogen) atoms. The number of rotatable bonds is 6. The molecule has 2 aromatic heterocycles. The van der Waals surface area contributed by atoms with E-state index in [1.165, 1.54) is 12.7 Å². The van der Waals surface area contributed by atoms with Gasteiger partial charge in [-0.2, -0.15) is 0 Å². The Hall–Kier alpha value is -2.47. The van der Waals surface area contributed by atoms with E-state index in [1.807, 2.05) is 20.8 Å². The Kier molecular flexibility index (Phi) is 5.75. The number of nitrogens with zero attached hydrogens (tertiary/aromatic N) is 2. The number of thiophene rings is 1. The highest BCUT2D eigenvalue weighted by Gasteiger charge is 2.19. The summed E-state index contributed by atoms with van der Waals surface area (Å²) in [5.41, 5.74) is 3.16. The zero-order chi connectivity index (χ0) is 19.6. The first-order valence-electron chi connectivity index (χ1n) is 9.13. The molecule has 0 saturated carbocycles. The Bertz CT molecular complexity index is 1030. The van der Waals surface area contributed by atoms with Crippen molar-refractivity contribution in [3.05, 3.63) is 50.9 Å². The second kappa shape index (κ2) is 8.05. The van der Waals surface area contributed by atoms with Crippen LogP contribution in [0.1, 0.15) is 36.0 Å². The first-order chi connectivity index (χ1) is 13.0. The van der Waals surface area contributed by atoms with Gasteiger partial charge in [-0.05, 0) is 25.8 Å². The molecule has 0 saturated heterocycles. The molecule has 2 heterocycles. The van der Waals surface area contributed by atoms with E-state index in [9.17, 15) is 9.59 Å². The molecule has 3 rings (SSSR count). The smallest absolute Gasteiger partial charge is 0.305 e.